The van der Waals surface area contributed by atoms with E-state index in [2.05, 4.69) is 4.98 Å². The van der Waals surface area contributed by atoms with Crippen molar-refractivity contribution in [2.75, 3.05) is 12.3 Å². The zero-order valence-electron chi connectivity index (χ0n) is 12.0. The van der Waals surface area contributed by atoms with E-state index < -0.39 is 17.8 Å². The molecule has 1 saturated carbocycles. The molecule has 2 aliphatic rings. The molecular weight excluding hydrogens is 313 g/mol. The number of aromatic nitrogens is 1. The molecule has 1 aromatic heterocycles. The molecule has 2 heterocycles. The molecule has 1 amide bonds. The van der Waals surface area contributed by atoms with Gasteiger partial charge in [0.05, 0.1) is 5.56 Å². The minimum absolute atomic E-state index is 0.0567. The van der Waals surface area contributed by atoms with E-state index in [0.29, 0.717) is 11.8 Å². The van der Waals surface area contributed by atoms with Gasteiger partial charge >= 0.3 is 6.18 Å². The van der Waals surface area contributed by atoms with Crippen LogP contribution in [0.1, 0.15) is 41.7 Å². The lowest BCUT2D eigenvalue weighted by molar-refractivity contribution is -0.141. The lowest BCUT2D eigenvalue weighted by Gasteiger charge is -2.43. The van der Waals surface area contributed by atoms with Crippen LogP contribution in [0, 0.1) is 0 Å². The Kier molecular flexibility index (Phi) is 4.34. The van der Waals surface area contributed by atoms with Gasteiger partial charge in [0.1, 0.15) is 0 Å². The van der Waals surface area contributed by atoms with E-state index in [4.69, 9.17) is 0 Å². The molecule has 1 aromatic rings. The quantitative estimate of drug-likeness (QED) is 0.789. The van der Waals surface area contributed by atoms with Crippen molar-refractivity contribution in [1.82, 2.24) is 9.88 Å². The Balaban J connectivity index is 1.90. The van der Waals surface area contributed by atoms with E-state index in [-0.39, 0.29) is 11.6 Å². The van der Waals surface area contributed by atoms with E-state index >= 15 is 0 Å². The summed E-state index contributed by atoms with van der Waals surface area (Å²) in [6.07, 6.45) is 0.558. The molecule has 0 radical (unpaired) electrons. The van der Waals surface area contributed by atoms with E-state index in [1.807, 2.05) is 11.8 Å². The van der Waals surface area contributed by atoms with Crippen LogP contribution in [0.2, 0.25) is 0 Å². The summed E-state index contributed by atoms with van der Waals surface area (Å²) in [6, 6.07) is 2.68. The van der Waals surface area contributed by atoms with Gasteiger partial charge in [0.25, 0.3) is 5.91 Å². The lowest BCUT2D eigenvalue weighted by Crippen LogP contribution is -2.52. The average Bonchev–Trinajstić information content (AvgIpc) is 2.53. The maximum absolute atomic E-state index is 13.1. The van der Waals surface area contributed by atoms with Gasteiger partial charge in [-0.05, 0) is 25.0 Å². The van der Waals surface area contributed by atoms with Crippen molar-refractivity contribution in [2.45, 2.75) is 43.2 Å². The van der Waals surface area contributed by atoms with Crippen molar-refractivity contribution in [3.05, 3.63) is 29.6 Å². The summed E-state index contributed by atoms with van der Waals surface area (Å²) in [5, 5.41) is 0.359. The fraction of sp³-hybridized carbons (Fsp3) is 0.600. The molecule has 120 valence electrons. The van der Waals surface area contributed by atoms with Crippen LogP contribution >= 0.6 is 11.8 Å². The Morgan fingerprint density at radius 2 is 2.09 bits per heavy atom. The summed E-state index contributed by atoms with van der Waals surface area (Å²) in [5.41, 5.74) is -1.41. The van der Waals surface area contributed by atoms with Crippen molar-refractivity contribution in [3.63, 3.8) is 0 Å². The average molecular weight is 330 g/mol. The van der Waals surface area contributed by atoms with Gasteiger partial charge in [0, 0.05) is 29.8 Å². The number of alkyl halides is 3. The van der Waals surface area contributed by atoms with Gasteiger partial charge in [0.2, 0.25) is 0 Å². The highest BCUT2D eigenvalue weighted by Crippen LogP contribution is 2.37. The SMILES string of the molecule is O=C(c1cccnc1C(F)(F)F)N1CCS[C@@H]2CCCC[C@H]21. The number of carbonyl (C=O) groups is 1. The number of carbonyl (C=O) groups excluding carboxylic acids is 1. The number of fused-ring (bicyclic) bond motifs is 1. The third kappa shape index (κ3) is 2.95. The first-order valence-electron chi connectivity index (χ1n) is 7.43. The van der Waals surface area contributed by atoms with Gasteiger partial charge in [-0.2, -0.15) is 24.9 Å². The van der Waals surface area contributed by atoms with Gasteiger partial charge < -0.3 is 4.90 Å². The minimum Gasteiger partial charge on any atom is -0.334 e. The van der Waals surface area contributed by atoms with E-state index in [9.17, 15) is 18.0 Å². The molecule has 0 unspecified atom stereocenters. The van der Waals surface area contributed by atoms with E-state index in [1.54, 1.807) is 4.90 Å². The van der Waals surface area contributed by atoms with Crippen molar-refractivity contribution < 1.29 is 18.0 Å². The molecule has 0 N–H and O–H groups in total. The zero-order valence-corrected chi connectivity index (χ0v) is 12.8. The highest BCUT2D eigenvalue weighted by Gasteiger charge is 2.41. The van der Waals surface area contributed by atoms with Gasteiger partial charge in [-0.25, -0.2) is 0 Å². The highest BCUT2D eigenvalue weighted by molar-refractivity contribution is 8.00. The Hall–Kier alpha value is -1.24. The molecule has 0 spiro atoms. The smallest absolute Gasteiger partial charge is 0.334 e. The predicted molar refractivity (Wildman–Crippen MR) is 78.8 cm³/mol. The van der Waals surface area contributed by atoms with Crippen LogP contribution in [0.4, 0.5) is 13.2 Å². The number of amides is 1. The number of pyridine rings is 1. The molecule has 3 nitrogen and oxygen atoms in total. The summed E-state index contributed by atoms with van der Waals surface area (Å²) < 4.78 is 39.2. The predicted octanol–water partition coefficient (Wildman–Crippen LogP) is 3.60. The number of hydrogen-bond acceptors (Lipinski definition) is 3. The first-order chi connectivity index (χ1) is 10.5. The molecule has 7 heteroatoms. The second-order valence-corrected chi connectivity index (χ2v) is 7.00. The molecule has 0 aromatic carbocycles. The first kappa shape index (κ1) is 15.6. The topological polar surface area (TPSA) is 33.2 Å². The largest absolute Gasteiger partial charge is 0.434 e. The van der Waals surface area contributed by atoms with Crippen LogP contribution < -0.4 is 0 Å². The minimum atomic E-state index is -4.61. The van der Waals surface area contributed by atoms with Crippen LogP contribution in [0.15, 0.2) is 18.3 Å². The fourth-order valence-corrected chi connectivity index (χ4v) is 4.75. The number of halogens is 3. The third-order valence-corrected chi connectivity index (χ3v) is 5.70. The molecule has 0 bridgehead atoms. The first-order valence-corrected chi connectivity index (χ1v) is 8.48. The number of hydrogen-bond donors (Lipinski definition) is 0. The van der Waals surface area contributed by atoms with E-state index in [0.717, 1.165) is 37.6 Å². The molecule has 1 saturated heterocycles. The summed E-state index contributed by atoms with van der Waals surface area (Å²) in [5.74, 6) is 0.256. The highest BCUT2D eigenvalue weighted by atomic mass is 32.2. The van der Waals surface area contributed by atoms with Crippen LogP contribution in [0.5, 0.6) is 0 Å². The van der Waals surface area contributed by atoms with Gasteiger partial charge in [-0.1, -0.05) is 12.8 Å². The van der Waals surface area contributed by atoms with Crippen LogP contribution in [-0.2, 0) is 6.18 Å². The Bertz CT molecular complexity index is 562. The molecule has 2 atom stereocenters. The molecule has 22 heavy (non-hydrogen) atoms. The molecular formula is C15H17F3N2OS. The molecule has 1 aliphatic heterocycles. The standard InChI is InChI=1S/C15H17F3N2OS/c16-15(17,18)13-10(4-3-7-19-13)14(21)20-8-9-22-12-6-2-1-5-11(12)20/h3-4,7,11-12H,1-2,5-6,8-9H2/t11-,12-/m1/s1. The number of thioether (sulfide) groups is 1. The number of nitrogens with zero attached hydrogens (tertiary/aromatic N) is 2. The summed E-state index contributed by atoms with van der Waals surface area (Å²) >= 11 is 1.84. The van der Waals surface area contributed by atoms with Crippen LogP contribution in [-0.4, -0.2) is 39.4 Å². The van der Waals surface area contributed by atoms with Crippen LogP contribution in [0.3, 0.4) is 0 Å². The summed E-state index contributed by atoms with van der Waals surface area (Å²) in [4.78, 5) is 17.7. The molecule has 2 fully saturated rings. The normalized spacial score (nSPS) is 25.7. The Morgan fingerprint density at radius 3 is 2.86 bits per heavy atom. The molecule has 1 aliphatic carbocycles. The van der Waals surface area contributed by atoms with Crippen LogP contribution in [0.25, 0.3) is 0 Å². The third-order valence-electron chi connectivity index (χ3n) is 4.30. The van der Waals surface area contributed by atoms with Crippen molar-refractivity contribution in [1.29, 1.82) is 0 Å². The molecule has 3 rings (SSSR count). The maximum Gasteiger partial charge on any atom is 0.434 e. The maximum atomic E-state index is 13.1. The summed E-state index contributed by atoms with van der Waals surface area (Å²) in [6.45, 7) is 0.511. The fourth-order valence-electron chi connectivity index (χ4n) is 3.31. The second-order valence-electron chi connectivity index (χ2n) is 5.66. The zero-order chi connectivity index (χ0) is 15.7. The van der Waals surface area contributed by atoms with Crippen molar-refractivity contribution in [2.24, 2.45) is 0 Å². The summed E-state index contributed by atoms with van der Waals surface area (Å²) in [7, 11) is 0. The monoisotopic (exact) mass is 330 g/mol. The van der Waals surface area contributed by atoms with Crippen molar-refractivity contribution in [3.8, 4) is 0 Å². The van der Waals surface area contributed by atoms with E-state index in [1.165, 1.54) is 12.1 Å². The van der Waals surface area contributed by atoms with Crippen molar-refractivity contribution >= 4 is 17.7 Å². The van der Waals surface area contributed by atoms with Gasteiger partial charge in [0.15, 0.2) is 5.69 Å². The number of rotatable bonds is 1. The lowest BCUT2D eigenvalue weighted by atomic mass is 9.92. The second kappa shape index (κ2) is 6.10. The Morgan fingerprint density at radius 1 is 1.32 bits per heavy atom. The van der Waals surface area contributed by atoms with Gasteiger partial charge in [-0.15, -0.1) is 0 Å². The van der Waals surface area contributed by atoms with Gasteiger partial charge in [-0.3, -0.25) is 9.78 Å². The Labute approximate surface area is 131 Å².